The molecule has 4 heteroatoms. The van der Waals surface area contributed by atoms with Crippen LogP contribution in [0.4, 0.5) is 5.95 Å². The number of anilines is 1. The molecule has 1 saturated heterocycles. The first kappa shape index (κ1) is 9.40. The van der Waals surface area contributed by atoms with E-state index in [9.17, 15) is 0 Å². The van der Waals surface area contributed by atoms with Crippen molar-refractivity contribution in [3.63, 3.8) is 0 Å². The molecule has 1 aromatic heterocycles. The van der Waals surface area contributed by atoms with Crippen LogP contribution < -0.4 is 5.73 Å². The summed E-state index contributed by atoms with van der Waals surface area (Å²) in [5.41, 5.74) is 6.66. The molecule has 1 fully saturated rings. The van der Waals surface area contributed by atoms with E-state index >= 15 is 0 Å². The Hall–Kier alpha value is -1.16. The number of nitrogens with two attached hydrogens (primary N) is 1. The standard InChI is InChI=1S/C10H16N4/c1-14-6-3-8(4-7-14)9-2-5-12-10(11)13-9/h2,5,8H,3-4,6-7H2,1H3,(H2,11,12,13). The summed E-state index contributed by atoms with van der Waals surface area (Å²) >= 11 is 0. The number of nitrogens with zero attached hydrogens (tertiary/aromatic N) is 3. The lowest BCUT2D eigenvalue weighted by Crippen LogP contribution is -2.29. The van der Waals surface area contributed by atoms with Gasteiger partial charge >= 0.3 is 0 Å². The van der Waals surface area contributed by atoms with Crippen molar-refractivity contribution >= 4 is 5.95 Å². The Kier molecular flexibility index (Phi) is 2.63. The highest BCUT2D eigenvalue weighted by molar-refractivity contribution is 5.20. The smallest absolute Gasteiger partial charge is 0.220 e. The van der Waals surface area contributed by atoms with E-state index in [4.69, 9.17) is 5.73 Å². The fourth-order valence-corrected chi connectivity index (χ4v) is 1.92. The van der Waals surface area contributed by atoms with Gasteiger partial charge in [-0.05, 0) is 39.0 Å². The maximum atomic E-state index is 5.56. The highest BCUT2D eigenvalue weighted by atomic mass is 15.1. The molecule has 0 aromatic carbocycles. The minimum atomic E-state index is 0.390. The monoisotopic (exact) mass is 192 g/mol. The first-order valence-corrected chi connectivity index (χ1v) is 5.02. The van der Waals surface area contributed by atoms with E-state index < -0.39 is 0 Å². The fourth-order valence-electron chi connectivity index (χ4n) is 1.92. The number of rotatable bonds is 1. The van der Waals surface area contributed by atoms with Crippen LogP contribution in [-0.4, -0.2) is 35.0 Å². The van der Waals surface area contributed by atoms with E-state index in [0.29, 0.717) is 11.9 Å². The van der Waals surface area contributed by atoms with Crippen molar-refractivity contribution < 1.29 is 0 Å². The van der Waals surface area contributed by atoms with Crippen molar-refractivity contribution in [3.8, 4) is 0 Å². The Morgan fingerprint density at radius 2 is 2.14 bits per heavy atom. The van der Waals surface area contributed by atoms with Gasteiger partial charge in [-0.2, -0.15) is 0 Å². The largest absolute Gasteiger partial charge is 0.368 e. The molecular weight excluding hydrogens is 176 g/mol. The maximum absolute atomic E-state index is 5.56. The zero-order valence-corrected chi connectivity index (χ0v) is 8.48. The molecule has 0 amide bonds. The highest BCUT2D eigenvalue weighted by Gasteiger charge is 2.19. The van der Waals surface area contributed by atoms with Crippen molar-refractivity contribution in [1.29, 1.82) is 0 Å². The second-order valence-corrected chi connectivity index (χ2v) is 3.92. The number of nitrogen functional groups attached to an aromatic ring is 1. The van der Waals surface area contributed by atoms with Crippen LogP contribution in [0.15, 0.2) is 12.3 Å². The summed E-state index contributed by atoms with van der Waals surface area (Å²) in [4.78, 5) is 10.5. The molecule has 2 rings (SSSR count). The average molecular weight is 192 g/mol. The number of aromatic nitrogens is 2. The quantitative estimate of drug-likeness (QED) is 0.717. The summed E-state index contributed by atoms with van der Waals surface area (Å²) in [5, 5.41) is 0. The molecule has 2 heterocycles. The van der Waals surface area contributed by atoms with Crippen molar-refractivity contribution in [3.05, 3.63) is 18.0 Å². The summed E-state index contributed by atoms with van der Waals surface area (Å²) in [6, 6.07) is 1.98. The van der Waals surface area contributed by atoms with Crippen molar-refractivity contribution in [2.45, 2.75) is 18.8 Å². The number of likely N-dealkylation sites (tertiary alicyclic amines) is 1. The van der Waals surface area contributed by atoms with Gasteiger partial charge < -0.3 is 10.6 Å². The molecule has 76 valence electrons. The molecule has 0 aliphatic carbocycles. The van der Waals surface area contributed by atoms with E-state index in [2.05, 4.69) is 21.9 Å². The van der Waals surface area contributed by atoms with E-state index in [1.165, 1.54) is 12.8 Å². The Morgan fingerprint density at radius 1 is 1.43 bits per heavy atom. The lowest BCUT2D eigenvalue weighted by atomic mass is 9.94. The third-order valence-electron chi connectivity index (χ3n) is 2.83. The van der Waals surface area contributed by atoms with Gasteiger partial charge in [-0.3, -0.25) is 0 Å². The second kappa shape index (κ2) is 3.92. The number of hydrogen-bond donors (Lipinski definition) is 1. The summed E-state index contributed by atoms with van der Waals surface area (Å²) in [6.45, 7) is 2.29. The van der Waals surface area contributed by atoms with E-state index in [1.54, 1.807) is 6.20 Å². The van der Waals surface area contributed by atoms with Crippen LogP contribution in [-0.2, 0) is 0 Å². The highest BCUT2D eigenvalue weighted by Crippen LogP contribution is 2.25. The van der Waals surface area contributed by atoms with Crippen molar-refractivity contribution in [2.24, 2.45) is 0 Å². The summed E-state index contributed by atoms with van der Waals surface area (Å²) in [5.74, 6) is 0.956. The van der Waals surface area contributed by atoms with Crippen LogP contribution in [0.5, 0.6) is 0 Å². The minimum absolute atomic E-state index is 0.390. The van der Waals surface area contributed by atoms with Gasteiger partial charge in [-0.25, -0.2) is 9.97 Å². The maximum Gasteiger partial charge on any atom is 0.220 e. The lowest BCUT2D eigenvalue weighted by Gasteiger charge is -2.28. The zero-order valence-electron chi connectivity index (χ0n) is 8.48. The summed E-state index contributed by atoms with van der Waals surface area (Å²) in [6.07, 6.45) is 4.09. The van der Waals surface area contributed by atoms with E-state index in [0.717, 1.165) is 18.8 Å². The van der Waals surface area contributed by atoms with Gasteiger partial charge in [0.25, 0.3) is 0 Å². The van der Waals surface area contributed by atoms with Gasteiger partial charge in [0.15, 0.2) is 0 Å². The third kappa shape index (κ3) is 2.01. The van der Waals surface area contributed by atoms with Crippen LogP contribution >= 0.6 is 0 Å². The van der Waals surface area contributed by atoms with Gasteiger partial charge in [0, 0.05) is 17.8 Å². The number of hydrogen-bond acceptors (Lipinski definition) is 4. The number of piperidine rings is 1. The molecule has 0 spiro atoms. The summed E-state index contributed by atoms with van der Waals surface area (Å²) in [7, 11) is 2.16. The van der Waals surface area contributed by atoms with Crippen LogP contribution in [0.3, 0.4) is 0 Å². The fraction of sp³-hybridized carbons (Fsp3) is 0.600. The first-order valence-electron chi connectivity index (χ1n) is 5.02. The molecular formula is C10H16N4. The van der Waals surface area contributed by atoms with E-state index in [-0.39, 0.29) is 0 Å². The summed E-state index contributed by atoms with van der Waals surface area (Å²) < 4.78 is 0. The predicted octanol–water partition coefficient (Wildman–Crippen LogP) is 0.868. The molecule has 0 saturated carbocycles. The van der Waals surface area contributed by atoms with Gasteiger partial charge in [0.1, 0.15) is 0 Å². The van der Waals surface area contributed by atoms with Gasteiger partial charge in [-0.15, -0.1) is 0 Å². The first-order chi connectivity index (χ1) is 6.75. The average Bonchev–Trinajstić information content (AvgIpc) is 2.19. The van der Waals surface area contributed by atoms with Gasteiger partial charge in [0.05, 0.1) is 0 Å². The Bertz CT molecular complexity index is 305. The van der Waals surface area contributed by atoms with Gasteiger partial charge in [0.2, 0.25) is 5.95 Å². The Balaban J connectivity index is 2.08. The van der Waals surface area contributed by atoms with Crippen LogP contribution in [0.2, 0.25) is 0 Å². The molecule has 1 aromatic rings. The van der Waals surface area contributed by atoms with Gasteiger partial charge in [-0.1, -0.05) is 0 Å². The topological polar surface area (TPSA) is 55.0 Å². The Morgan fingerprint density at radius 3 is 2.79 bits per heavy atom. The molecule has 1 aliphatic heterocycles. The second-order valence-electron chi connectivity index (χ2n) is 3.92. The molecule has 1 aliphatic rings. The molecule has 0 radical (unpaired) electrons. The van der Waals surface area contributed by atoms with Crippen molar-refractivity contribution in [2.75, 3.05) is 25.9 Å². The molecule has 14 heavy (non-hydrogen) atoms. The lowest BCUT2D eigenvalue weighted by molar-refractivity contribution is 0.253. The van der Waals surface area contributed by atoms with Crippen LogP contribution in [0, 0.1) is 0 Å². The molecule has 0 bridgehead atoms. The van der Waals surface area contributed by atoms with E-state index in [1.807, 2.05) is 6.07 Å². The molecule has 4 nitrogen and oxygen atoms in total. The minimum Gasteiger partial charge on any atom is -0.368 e. The predicted molar refractivity (Wildman–Crippen MR) is 55.9 cm³/mol. The Labute approximate surface area is 84.2 Å². The molecule has 2 N–H and O–H groups in total. The van der Waals surface area contributed by atoms with Crippen LogP contribution in [0.1, 0.15) is 24.5 Å². The van der Waals surface area contributed by atoms with Crippen LogP contribution in [0.25, 0.3) is 0 Å². The molecule has 0 atom stereocenters. The molecule has 0 unspecified atom stereocenters. The normalized spacial score (nSPS) is 19.8. The van der Waals surface area contributed by atoms with Crippen molar-refractivity contribution in [1.82, 2.24) is 14.9 Å². The zero-order chi connectivity index (χ0) is 9.97. The SMILES string of the molecule is CN1CCC(c2ccnc(N)n2)CC1. The third-order valence-corrected chi connectivity index (χ3v) is 2.83.